The van der Waals surface area contributed by atoms with E-state index in [1.807, 2.05) is 29.2 Å². The van der Waals surface area contributed by atoms with Crippen molar-refractivity contribution < 1.29 is 9.59 Å². The Morgan fingerprint density at radius 1 is 1.23 bits per heavy atom. The van der Waals surface area contributed by atoms with Gasteiger partial charge in [-0.1, -0.05) is 18.2 Å². The van der Waals surface area contributed by atoms with Gasteiger partial charge < -0.3 is 15.2 Å². The van der Waals surface area contributed by atoms with Crippen LogP contribution >= 0.6 is 11.3 Å². The molecule has 3 aromatic rings. The number of amides is 2. The lowest BCUT2D eigenvalue weighted by atomic mass is 10.2. The quantitative estimate of drug-likeness (QED) is 0.678. The van der Waals surface area contributed by atoms with Crippen LogP contribution in [0.2, 0.25) is 0 Å². The van der Waals surface area contributed by atoms with Crippen molar-refractivity contribution >= 4 is 44.1 Å². The van der Waals surface area contributed by atoms with Gasteiger partial charge in [-0.05, 0) is 25.0 Å². The average molecular weight is 369 g/mol. The molecule has 1 aliphatic rings. The van der Waals surface area contributed by atoms with Crippen LogP contribution in [-0.2, 0) is 4.79 Å². The normalized spacial score (nSPS) is 14.5. The average Bonchev–Trinajstić information content (AvgIpc) is 3.26. The molecule has 1 aliphatic heterocycles. The second-order valence-corrected chi connectivity index (χ2v) is 7.50. The van der Waals surface area contributed by atoms with E-state index in [1.165, 1.54) is 11.3 Å². The van der Waals surface area contributed by atoms with Crippen LogP contribution in [0.25, 0.3) is 21.0 Å². The molecule has 1 saturated heterocycles. The standard InChI is InChI=1S/C19H19N3O3S/c23-16-7-3-9-22(16)10-4-8-20-19(25)15-11-13-17(26-15)12-5-1-2-6-14(12)21-18(13)24/h1-2,5-6,11H,3-4,7-10H2,(H,20,25)(H,21,24). The van der Waals surface area contributed by atoms with Crippen molar-refractivity contribution in [1.82, 2.24) is 15.2 Å². The molecule has 26 heavy (non-hydrogen) atoms. The fraction of sp³-hybridized carbons (Fsp3) is 0.316. The zero-order valence-electron chi connectivity index (χ0n) is 14.2. The zero-order valence-corrected chi connectivity index (χ0v) is 15.0. The van der Waals surface area contributed by atoms with Crippen molar-refractivity contribution in [3.05, 3.63) is 45.6 Å². The molecule has 3 heterocycles. The molecule has 0 atom stereocenters. The number of para-hydroxylation sites is 1. The third-order valence-electron chi connectivity index (χ3n) is 4.68. The summed E-state index contributed by atoms with van der Waals surface area (Å²) in [7, 11) is 0. The van der Waals surface area contributed by atoms with Gasteiger partial charge in [0.1, 0.15) is 0 Å². The van der Waals surface area contributed by atoms with E-state index in [9.17, 15) is 14.4 Å². The predicted octanol–water partition coefficient (Wildman–Crippen LogP) is 2.49. The molecule has 4 rings (SSSR count). The van der Waals surface area contributed by atoms with Gasteiger partial charge >= 0.3 is 0 Å². The van der Waals surface area contributed by atoms with Gasteiger partial charge in [-0.15, -0.1) is 11.3 Å². The SMILES string of the molecule is O=C(NCCCN1CCCC1=O)c1cc2c(=O)[nH]c3ccccc3c2s1. The molecule has 134 valence electrons. The van der Waals surface area contributed by atoms with E-state index >= 15 is 0 Å². The number of H-pyrrole nitrogens is 1. The first-order valence-corrected chi connectivity index (χ1v) is 9.55. The van der Waals surface area contributed by atoms with E-state index in [4.69, 9.17) is 0 Å². The van der Waals surface area contributed by atoms with Crippen molar-refractivity contribution in [3.63, 3.8) is 0 Å². The Balaban J connectivity index is 1.47. The number of rotatable bonds is 5. The minimum Gasteiger partial charge on any atom is -0.351 e. The summed E-state index contributed by atoms with van der Waals surface area (Å²) in [4.78, 5) is 41.5. The number of thiophene rings is 1. The van der Waals surface area contributed by atoms with Gasteiger partial charge in [0.25, 0.3) is 11.5 Å². The van der Waals surface area contributed by atoms with Gasteiger partial charge in [0.15, 0.2) is 0 Å². The summed E-state index contributed by atoms with van der Waals surface area (Å²) in [6.07, 6.45) is 2.29. The number of hydrogen-bond donors (Lipinski definition) is 2. The first-order valence-electron chi connectivity index (χ1n) is 8.74. The van der Waals surface area contributed by atoms with Gasteiger partial charge in [-0.2, -0.15) is 0 Å². The summed E-state index contributed by atoms with van der Waals surface area (Å²) >= 11 is 1.34. The Bertz CT molecular complexity index is 1050. The molecular formula is C19H19N3O3S. The molecule has 0 bridgehead atoms. The maximum atomic E-state index is 12.4. The Morgan fingerprint density at radius 3 is 2.88 bits per heavy atom. The molecular weight excluding hydrogens is 350 g/mol. The van der Waals surface area contributed by atoms with Crippen molar-refractivity contribution in [1.29, 1.82) is 0 Å². The van der Waals surface area contributed by atoms with Gasteiger partial charge in [0, 0.05) is 41.7 Å². The van der Waals surface area contributed by atoms with Gasteiger partial charge in [-0.25, -0.2) is 0 Å². The summed E-state index contributed by atoms with van der Waals surface area (Å²) in [5.74, 6) is 0.0226. The summed E-state index contributed by atoms with van der Waals surface area (Å²) in [6.45, 7) is 2.00. The number of benzene rings is 1. The van der Waals surface area contributed by atoms with E-state index in [1.54, 1.807) is 6.07 Å². The smallest absolute Gasteiger partial charge is 0.261 e. The fourth-order valence-electron chi connectivity index (χ4n) is 3.35. The Kier molecular flexibility index (Phi) is 4.46. The number of fused-ring (bicyclic) bond motifs is 3. The van der Waals surface area contributed by atoms with Crippen LogP contribution < -0.4 is 10.9 Å². The highest BCUT2D eigenvalue weighted by atomic mass is 32.1. The highest BCUT2D eigenvalue weighted by molar-refractivity contribution is 7.21. The van der Waals surface area contributed by atoms with E-state index in [0.29, 0.717) is 29.8 Å². The van der Waals surface area contributed by atoms with Crippen molar-refractivity contribution in [2.75, 3.05) is 19.6 Å². The first-order chi connectivity index (χ1) is 12.6. The maximum Gasteiger partial charge on any atom is 0.261 e. The van der Waals surface area contributed by atoms with Crippen LogP contribution in [0.1, 0.15) is 28.9 Å². The van der Waals surface area contributed by atoms with Crippen LogP contribution in [-0.4, -0.2) is 41.3 Å². The summed E-state index contributed by atoms with van der Waals surface area (Å²) in [6, 6.07) is 9.24. The topological polar surface area (TPSA) is 82.3 Å². The second kappa shape index (κ2) is 6.92. The molecule has 6 nitrogen and oxygen atoms in total. The number of nitrogens with zero attached hydrogens (tertiary/aromatic N) is 1. The largest absolute Gasteiger partial charge is 0.351 e. The molecule has 7 heteroatoms. The highest BCUT2D eigenvalue weighted by Gasteiger charge is 2.19. The lowest BCUT2D eigenvalue weighted by Crippen LogP contribution is -2.30. The van der Waals surface area contributed by atoms with Gasteiger partial charge in [0.2, 0.25) is 5.91 Å². The second-order valence-electron chi connectivity index (χ2n) is 6.45. The minimum atomic E-state index is -0.179. The van der Waals surface area contributed by atoms with Gasteiger partial charge in [-0.3, -0.25) is 14.4 Å². The number of carbonyl (C=O) groups is 2. The number of aromatic amines is 1. The van der Waals surface area contributed by atoms with Crippen molar-refractivity contribution in [3.8, 4) is 0 Å². The van der Waals surface area contributed by atoms with Crippen LogP contribution in [0.5, 0.6) is 0 Å². The van der Waals surface area contributed by atoms with E-state index in [0.717, 1.165) is 35.0 Å². The number of nitrogens with one attached hydrogen (secondary N) is 2. The van der Waals surface area contributed by atoms with Crippen LogP contribution in [0.15, 0.2) is 35.1 Å². The number of aromatic nitrogens is 1. The molecule has 2 aromatic heterocycles. The van der Waals surface area contributed by atoms with E-state index in [2.05, 4.69) is 10.3 Å². The highest BCUT2D eigenvalue weighted by Crippen LogP contribution is 2.29. The molecule has 0 aliphatic carbocycles. The molecule has 2 amide bonds. The lowest BCUT2D eigenvalue weighted by Gasteiger charge is -2.15. The summed E-state index contributed by atoms with van der Waals surface area (Å²) < 4.78 is 0.831. The number of pyridine rings is 1. The number of carbonyl (C=O) groups excluding carboxylic acids is 2. The van der Waals surface area contributed by atoms with E-state index in [-0.39, 0.29) is 17.4 Å². The lowest BCUT2D eigenvalue weighted by molar-refractivity contribution is -0.127. The minimum absolute atomic E-state index is 0.178. The molecule has 1 fully saturated rings. The Hall–Kier alpha value is -2.67. The van der Waals surface area contributed by atoms with Gasteiger partial charge in [0.05, 0.1) is 10.3 Å². The molecule has 0 unspecified atom stereocenters. The van der Waals surface area contributed by atoms with Crippen LogP contribution in [0.4, 0.5) is 0 Å². The molecule has 0 spiro atoms. The molecule has 1 aromatic carbocycles. The first kappa shape index (κ1) is 16.8. The summed E-state index contributed by atoms with van der Waals surface area (Å²) in [5.41, 5.74) is 0.593. The van der Waals surface area contributed by atoms with E-state index < -0.39 is 0 Å². The Morgan fingerprint density at radius 2 is 2.08 bits per heavy atom. The summed E-state index contributed by atoms with van der Waals surface area (Å²) in [5, 5.41) is 4.37. The number of hydrogen-bond acceptors (Lipinski definition) is 4. The zero-order chi connectivity index (χ0) is 18.1. The van der Waals surface area contributed by atoms with Crippen molar-refractivity contribution in [2.45, 2.75) is 19.3 Å². The third-order valence-corrected chi connectivity index (χ3v) is 5.85. The molecule has 0 radical (unpaired) electrons. The Labute approximate surface area is 153 Å². The van der Waals surface area contributed by atoms with Crippen molar-refractivity contribution in [2.24, 2.45) is 0 Å². The predicted molar refractivity (Wildman–Crippen MR) is 103 cm³/mol. The monoisotopic (exact) mass is 369 g/mol. The number of likely N-dealkylation sites (tertiary alicyclic amines) is 1. The van der Waals surface area contributed by atoms with Crippen LogP contribution in [0.3, 0.4) is 0 Å². The molecule has 0 saturated carbocycles. The molecule has 2 N–H and O–H groups in total. The van der Waals surface area contributed by atoms with Crippen LogP contribution in [0, 0.1) is 0 Å². The fourth-order valence-corrected chi connectivity index (χ4v) is 4.46. The third kappa shape index (κ3) is 3.10. The maximum absolute atomic E-state index is 12.4.